The molecule has 1 unspecified atom stereocenters. The van der Waals surface area contributed by atoms with Crippen LogP contribution in [0.5, 0.6) is 0 Å². The maximum atomic E-state index is 11.8. The molecule has 80 valence electrons. The zero-order chi connectivity index (χ0) is 10.3. The molecule has 0 aromatic rings. The SMILES string of the molecule is C[C@@H]1CNC[C@H]1C(=O)NC1CC1(C)C. The number of hydrogen-bond acceptors (Lipinski definition) is 2. The predicted octanol–water partition coefficient (Wildman–Crippen LogP) is 0.757. The summed E-state index contributed by atoms with van der Waals surface area (Å²) in [6.07, 6.45) is 1.13. The minimum atomic E-state index is 0.186. The highest BCUT2D eigenvalue weighted by Crippen LogP contribution is 2.44. The van der Waals surface area contributed by atoms with E-state index in [4.69, 9.17) is 0 Å². The van der Waals surface area contributed by atoms with Crippen LogP contribution in [0, 0.1) is 17.3 Å². The first-order valence-corrected chi connectivity index (χ1v) is 5.52. The Bertz CT molecular complexity index is 250. The van der Waals surface area contributed by atoms with E-state index in [2.05, 4.69) is 31.4 Å². The minimum absolute atomic E-state index is 0.186. The van der Waals surface area contributed by atoms with E-state index in [9.17, 15) is 4.79 Å². The topological polar surface area (TPSA) is 41.1 Å². The Balaban J connectivity index is 1.84. The minimum Gasteiger partial charge on any atom is -0.353 e. The Morgan fingerprint density at radius 3 is 2.50 bits per heavy atom. The van der Waals surface area contributed by atoms with Gasteiger partial charge in [0.2, 0.25) is 5.91 Å². The molecule has 2 N–H and O–H groups in total. The van der Waals surface area contributed by atoms with Gasteiger partial charge < -0.3 is 10.6 Å². The largest absolute Gasteiger partial charge is 0.353 e. The zero-order valence-corrected chi connectivity index (χ0v) is 9.26. The van der Waals surface area contributed by atoms with E-state index in [1.165, 1.54) is 0 Å². The standard InChI is InChI=1S/C11H20N2O/c1-7-5-12-6-8(7)10(14)13-9-4-11(9,2)3/h7-9,12H,4-6H2,1-3H3,(H,13,14)/t7-,8-,9?/m1/s1. The van der Waals surface area contributed by atoms with E-state index in [0.717, 1.165) is 19.5 Å². The molecule has 0 spiro atoms. The van der Waals surface area contributed by atoms with Crippen LogP contribution in [0.1, 0.15) is 27.2 Å². The van der Waals surface area contributed by atoms with Gasteiger partial charge in [0.25, 0.3) is 0 Å². The van der Waals surface area contributed by atoms with Crippen molar-refractivity contribution in [3.8, 4) is 0 Å². The van der Waals surface area contributed by atoms with Gasteiger partial charge in [0, 0.05) is 12.6 Å². The van der Waals surface area contributed by atoms with E-state index in [1.54, 1.807) is 0 Å². The fourth-order valence-corrected chi connectivity index (χ4v) is 2.15. The van der Waals surface area contributed by atoms with E-state index in [-0.39, 0.29) is 11.8 Å². The van der Waals surface area contributed by atoms with Crippen LogP contribution in [0.15, 0.2) is 0 Å². The highest BCUT2D eigenvalue weighted by atomic mass is 16.2. The van der Waals surface area contributed by atoms with E-state index >= 15 is 0 Å². The van der Waals surface area contributed by atoms with Gasteiger partial charge in [0.15, 0.2) is 0 Å². The second-order valence-corrected chi connectivity index (χ2v) is 5.50. The smallest absolute Gasteiger partial charge is 0.224 e. The van der Waals surface area contributed by atoms with Crippen molar-refractivity contribution in [1.29, 1.82) is 0 Å². The molecule has 0 bridgehead atoms. The summed E-state index contributed by atoms with van der Waals surface area (Å²) in [7, 11) is 0. The molecule has 1 aliphatic heterocycles. The van der Waals surface area contributed by atoms with E-state index in [0.29, 0.717) is 17.4 Å². The maximum Gasteiger partial charge on any atom is 0.224 e. The van der Waals surface area contributed by atoms with Crippen molar-refractivity contribution < 1.29 is 4.79 Å². The Hall–Kier alpha value is -0.570. The maximum absolute atomic E-state index is 11.8. The predicted molar refractivity (Wildman–Crippen MR) is 55.9 cm³/mol. The van der Waals surface area contributed by atoms with Crippen LogP contribution in [-0.4, -0.2) is 25.0 Å². The lowest BCUT2D eigenvalue weighted by Crippen LogP contribution is -2.37. The second kappa shape index (κ2) is 3.23. The molecule has 3 atom stereocenters. The van der Waals surface area contributed by atoms with Crippen molar-refractivity contribution in [3.63, 3.8) is 0 Å². The molecule has 1 aliphatic carbocycles. The monoisotopic (exact) mass is 196 g/mol. The summed E-state index contributed by atoms with van der Waals surface area (Å²) in [5.74, 6) is 0.918. The molecule has 0 radical (unpaired) electrons. The molecule has 1 heterocycles. The summed E-state index contributed by atoms with van der Waals surface area (Å²) in [6, 6.07) is 0.419. The summed E-state index contributed by atoms with van der Waals surface area (Å²) in [5, 5.41) is 6.39. The van der Waals surface area contributed by atoms with Gasteiger partial charge in [-0.3, -0.25) is 4.79 Å². The average Bonchev–Trinajstić information content (AvgIpc) is 2.53. The third kappa shape index (κ3) is 1.78. The van der Waals surface area contributed by atoms with Crippen LogP contribution < -0.4 is 10.6 Å². The molecular weight excluding hydrogens is 176 g/mol. The summed E-state index contributed by atoms with van der Waals surface area (Å²) >= 11 is 0. The normalized spacial score (nSPS) is 39.5. The molecule has 2 aliphatic rings. The molecule has 14 heavy (non-hydrogen) atoms. The lowest BCUT2D eigenvalue weighted by Gasteiger charge is -2.14. The van der Waals surface area contributed by atoms with Gasteiger partial charge in [-0.25, -0.2) is 0 Å². The summed E-state index contributed by atoms with van der Waals surface area (Å²) < 4.78 is 0. The highest BCUT2D eigenvalue weighted by Gasteiger charge is 2.47. The lowest BCUT2D eigenvalue weighted by atomic mass is 9.97. The summed E-state index contributed by atoms with van der Waals surface area (Å²) in [4.78, 5) is 11.8. The van der Waals surface area contributed by atoms with Crippen LogP contribution in [0.25, 0.3) is 0 Å². The molecule has 3 heteroatoms. The molecule has 3 nitrogen and oxygen atoms in total. The molecule has 0 aromatic heterocycles. The van der Waals surface area contributed by atoms with Crippen LogP contribution in [0.4, 0.5) is 0 Å². The molecule has 0 aromatic carbocycles. The quantitative estimate of drug-likeness (QED) is 0.684. The molecule has 2 fully saturated rings. The molecule has 1 saturated heterocycles. The van der Waals surface area contributed by atoms with Gasteiger partial charge >= 0.3 is 0 Å². The van der Waals surface area contributed by atoms with Crippen LogP contribution in [-0.2, 0) is 4.79 Å². The number of amides is 1. The van der Waals surface area contributed by atoms with Gasteiger partial charge in [-0.2, -0.15) is 0 Å². The van der Waals surface area contributed by atoms with E-state index in [1.807, 2.05) is 0 Å². The zero-order valence-electron chi connectivity index (χ0n) is 9.26. The van der Waals surface area contributed by atoms with Gasteiger partial charge in [0.1, 0.15) is 0 Å². The first-order valence-electron chi connectivity index (χ1n) is 5.52. The Morgan fingerprint density at radius 2 is 2.07 bits per heavy atom. The van der Waals surface area contributed by atoms with Crippen molar-refractivity contribution in [2.75, 3.05) is 13.1 Å². The number of carbonyl (C=O) groups is 1. The van der Waals surface area contributed by atoms with Crippen LogP contribution in [0.3, 0.4) is 0 Å². The van der Waals surface area contributed by atoms with Crippen molar-refractivity contribution in [2.45, 2.75) is 33.2 Å². The molecule has 2 rings (SSSR count). The Morgan fingerprint density at radius 1 is 1.43 bits per heavy atom. The molecular formula is C11H20N2O. The summed E-state index contributed by atoms with van der Waals surface area (Å²) in [5.41, 5.74) is 0.338. The number of rotatable bonds is 2. The number of carbonyl (C=O) groups excluding carboxylic acids is 1. The van der Waals surface area contributed by atoms with Crippen molar-refractivity contribution >= 4 is 5.91 Å². The Kier molecular flexibility index (Phi) is 2.30. The fourth-order valence-electron chi connectivity index (χ4n) is 2.15. The second-order valence-electron chi connectivity index (χ2n) is 5.50. The van der Waals surface area contributed by atoms with Gasteiger partial charge in [-0.1, -0.05) is 20.8 Å². The molecule has 1 amide bonds. The first kappa shape index (κ1) is 9.97. The van der Waals surface area contributed by atoms with Crippen LogP contribution >= 0.6 is 0 Å². The van der Waals surface area contributed by atoms with Gasteiger partial charge in [0.05, 0.1) is 5.92 Å². The lowest BCUT2D eigenvalue weighted by molar-refractivity contribution is -0.125. The highest BCUT2D eigenvalue weighted by molar-refractivity contribution is 5.80. The number of hydrogen-bond donors (Lipinski definition) is 2. The van der Waals surface area contributed by atoms with Crippen molar-refractivity contribution in [2.24, 2.45) is 17.3 Å². The van der Waals surface area contributed by atoms with Crippen molar-refractivity contribution in [1.82, 2.24) is 10.6 Å². The van der Waals surface area contributed by atoms with Crippen molar-refractivity contribution in [3.05, 3.63) is 0 Å². The van der Waals surface area contributed by atoms with Gasteiger partial charge in [-0.15, -0.1) is 0 Å². The number of nitrogens with one attached hydrogen (secondary N) is 2. The van der Waals surface area contributed by atoms with E-state index < -0.39 is 0 Å². The van der Waals surface area contributed by atoms with Crippen LogP contribution in [0.2, 0.25) is 0 Å². The Labute approximate surface area is 85.6 Å². The third-order valence-electron chi connectivity index (χ3n) is 3.68. The fraction of sp³-hybridized carbons (Fsp3) is 0.909. The summed E-state index contributed by atoms with van der Waals surface area (Å²) in [6.45, 7) is 8.37. The first-order chi connectivity index (χ1) is 6.50. The average molecular weight is 196 g/mol. The van der Waals surface area contributed by atoms with Gasteiger partial charge in [-0.05, 0) is 24.3 Å². The molecule has 1 saturated carbocycles. The third-order valence-corrected chi connectivity index (χ3v) is 3.68.